The lowest BCUT2D eigenvalue weighted by molar-refractivity contribution is -0.153. The number of benzene rings is 1. The second-order valence-electron chi connectivity index (χ2n) is 6.72. The van der Waals surface area contributed by atoms with Gasteiger partial charge in [0.2, 0.25) is 5.91 Å². The molecule has 0 aliphatic heterocycles. The van der Waals surface area contributed by atoms with Gasteiger partial charge >= 0.3 is 11.9 Å². The van der Waals surface area contributed by atoms with Crippen LogP contribution >= 0.6 is 12.4 Å². The fourth-order valence-corrected chi connectivity index (χ4v) is 4.01. The van der Waals surface area contributed by atoms with E-state index >= 15 is 0 Å². The van der Waals surface area contributed by atoms with Crippen LogP contribution in [0, 0.1) is 17.8 Å². The van der Waals surface area contributed by atoms with Crippen molar-refractivity contribution in [2.75, 3.05) is 0 Å². The van der Waals surface area contributed by atoms with Gasteiger partial charge in [0.25, 0.3) is 0 Å². The molecule has 7 nitrogen and oxygen atoms in total. The van der Waals surface area contributed by atoms with E-state index < -0.39 is 53.4 Å². The molecule has 0 saturated heterocycles. The monoisotopic (exact) mass is 386 g/mol. The molecule has 0 spiro atoms. The van der Waals surface area contributed by atoms with Gasteiger partial charge in [-0.1, -0.05) is 30.3 Å². The standard InChI is InChI=1S/C17H19FN2O5.ClH/c18-11-7-9-12(15(22)23)13(9)17(11,16(24)25)20-14(21)10(19)6-8-4-2-1-3-5-8;/h1-5,9-13H,6-7,19H2,(H,20,21)(H,22,23)(H,24,25);1H/t9-,10-,11-,12-,13-,17-;/m0./s1. The number of nitrogens with two attached hydrogens (primary N) is 1. The molecule has 6 atom stereocenters. The van der Waals surface area contributed by atoms with E-state index in [1.54, 1.807) is 30.3 Å². The van der Waals surface area contributed by atoms with E-state index in [0.29, 0.717) is 0 Å². The molecule has 9 heteroatoms. The Hall–Kier alpha value is -2.19. The number of amides is 1. The molecule has 0 radical (unpaired) electrons. The van der Waals surface area contributed by atoms with E-state index in [2.05, 4.69) is 5.32 Å². The van der Waals surface area contributed by atoms with E-state index in [1.807, 2.05) is 0 Å². The molecule has 26 heavy (non-hydrogen) atoms. The molecule has 3 rings (SSSR count). The van der Waals surface area contributed by atoms with Crippen LogP contribution in [-0.4, -0.2) is 45.8 Å². The summed E-state index contributed by atoms with van der Waals surface area (Å²) in [5, 5.41) is 20.9. The topological polar surface area (TPSA) is 130 Å². The largest absolute Gasteiger partial charge is 0.481 e. The second-order valence-corrected chi connectivity index (χ2v) is 6.72. The van der Waals surface area contributed by atoms with E-state index in [0.717, 1.165) is 5.56 Å². The average Bonchev–Trinajstić information content (AvgIpc) is 3.19. The fraction of sp³-hybridized carbons (Fsp3) is 0.471. The van der Waals surface area contributed by atoms with Crippen LogP contribution in [0.15, 0.2) is 30.3 Å². The molecule has 0 bridgehead atoms. The van der Waals surface area contributed by atoms with Gasteiger partial charge in [0.15, 0.2) is 5.54 Å². The Balaban J connectivity index is 0.00000243. The number of carboxylic acid groups (broad SMARTS) is 2. The van der Waals surface area contributed by atoms with Gasteiger partial charge < -0.3 is 21.3 Å². The summed E-state index contributed by atoms with van der Waals surface area (Å²) in [4.78, 5) is 35.4. The zero-order valence-corrected chi connectivity index (χ0v) is 14.5. The third-order valence-electron chi connectivity index (χ3n) is 5.27. The lowest BCUT2D eigenvalue weighted by Crippen LogP contribution is -2.64. The molecule has 1 aromatic carbocycles. The summed E-state index contributed by atoms with van der Waals surface area (Å²) < 4.78 is 14.4. The maximum absolute atomic E-state index is 14.4. The molecule has 2 saturated carbocycles. The van der Waals surface area contributed by atoms with Crippen molar-refractivity contribution in [3.63, 3.8) is 0 Å². The van der Waals surface area contributed by atoms with Crippen LogP contribution < -0.4 is 11.1 Å². The first-order valence-corrected chi connectivity index (χ1v) is 8.00. The smallest absolute Gasteiger partial charge is 0.332 e. The summed E-state index contributed by atoms with van der Waals surface area (Å²) >= 11 is 0. The Bertz CT molecular complexity index is 718. The van der Waals surface area contributed by atoms with Crippen LogP contribution in [0.5, 0.6) is 0 Å². The Morgan fingerprint density at radius 3 is 2.42 bits per heavy atom. The van der Waals surface area contributed by atoms with Crippen molar-refractivity contribution in [3.8, 4) is 0 Å². The number of hydrogen-bond acceptors (Lipinski definition) is 4. The normalized spacial score (nSPS) is 32.7. The summed E-state index contributed by atoms with van der Waals surface area (Å²) in [7, 11) is 0. The van der Waals surface area contributed by atoms with Crippen LogP contribution in [0.4, 0.5) is 4.39 Å². The molecule has 0 unspecified atom stereocenters. The van der Waals surface area contributed by atoms with Crippen molar-refractivity contribution in [2.24, 2.45) is 23.5 Å². The molecular formula is C17H20ClFN2O5. The van der Waals surface area contributed by atoms with Crippen molar-refractivity contribution in [3.05, 3.63) is 35.9 Å². The number of nitrogens with one attached hydrogen (secondary N) is 1. The molecule has 1 aromatic rings. The van der Waals surface area contributed by atoms with Crippen molar-refractivity contribution < 1.29 is 29.0 Å². The molecule has 1 amide bonds. The molecular weight excluding hydrogens is 367 g/mol. The van der Waals surface area contributed by atoms with E-state index in [-0.39, 0.29) is 25.2 Å². The number of hydrogen-bond donors (Lipinski definition) is 4. The number of halogens is 2. The maximum atomic E-state index is 14.4. The van der Waals surface area contributed by atoms with Crippen LogP contribution in [0.1, 0.15) is 12.0 Å². The average molecular weight is 387 g/mol. The molecule has 2 fully saturated rings. The number of carbonyl (C=O) groups is 3. The lowest BCUT2D eigenvalue weighted by Gasteiger charge is -2.32. The molecule has 142 valence electrons. The Kier molecular flexibility index (Phi) is 5.58. The summed E-state index contributed by atoms with van der Waals surface area (Å²) in [5.41, 5.74) is 4.40. The highest BCUT2D eigenvalue weighted by molar-refractivity contribution is 5.93. The van der Waals surface area contributed by atoms with Crippen molar-refractivity contribution in [2.45, 2.75) is 30.6 Å². The number of carboxylic acids is 2. The first-order chi connectivity index (χ1) is 11.8. The third-order valence-corrected chi connectivity index (χ3v) is 5.27. The number of fused-ring (bicyclic) bond motifs is 1. The SMILES string of the molecule is Cl.N[C@@H](Cc1ccccc1)C(=O)N[C@]1(C(=O)O)[C@H]2[C@@H](C[C@@H]1F)[C@@H]2C(=O)O. The molecule has 2 aliphatic rings. The molecule has 2 aliphatic carbocycles. The van der Waals surface area contributed by atoms with Crippen molar-refractivity contribution in [1.82, 2.24) is 5.32 Å². The van der Waals surface area contributed by atoms with E-state index in [1.165, 1.54) is 0 Å². The fourth-order valence-electron chi connectivity index (χ4n) is 4.01. The zero-order chi connectivity index (χ0) is 18.4. The Labute approximate surface area is 155 Å². The number of carbonyl (C=O) groups excluding carboxylic acids is 1. The van der Waals surface area contributed by atoms with Crippen LogP contribution in [-0.2, 0) is 20.8 Å². The highest BCUT2D eigenvalue weighted by Crippen LogP contribution is 2.63. The van der Waals surface area contributed by atoms with Gasteiger partial charge in [0.1, 0.15) is 6.17 Å². The zero-order valence-electron chi connectivity index (χ0n) is 13.7. The predicted octanol–water partition coefficient (Wildman–Crippen LogP) is 0.606. The first kappa shape index (κ1) is 20.1. The van der Waals surface area contributed by atoms with E-state index in [9.17, 15) is 23.9 Å². The van der Waals surface area contributed by atoms with Crippen LogP contribution in [0.2, 0.25) is 0 Å². The minimum Gasteiger partial charge on any atom is -0.481 e. The third kappa shape index (κ3) is 3.14. The van der Waals surface area contributed by atoms with Gasteiger partial charge in [-0.25, -0.2) is 9.18 Å². The number of aliphatic carboxylic acids is 2. The van der Waals surface area contributed by atoms with Gasteiger partial charge in [-0.2, -0.15) is 0 Å². The molecule has 5 N–H and O–H groups in total. The van der Waals surface area contributed by atoms with Crippen LogP contribution in [0.25, 0.3) is 0 Å². The number of rotatable bonds is 6. The summed E-state index contributed by atoms with van der Waals surface area (Å²) in [5.74, 6) is -6.01. The van der Waals surface area contributed by atoms with Gasteiger partial charge in [-0.15, -0.1) is 12.4 Å². The Morgan fingerprint density at radius 1 is 1.27 bits per heavy atom. The van der Waals surface area contributed by atoms with E-state index in [4.69, 9.17) is 10.8 Å². The highest BCUT2D eigenvalue weighted by atomic mass is 35.5. The summed E-state index contributed by atoms with van der Waals surface area (Å²) in [6.07, 6.45) is -1.87. The Morgan fingerprint density at radius 2 is 1.88 bits per heavy atom. The second kappa shape index (κ2) is 7.20. The minimum absolute atomic E-state index is 0. The van der Waals surface area contributed by atoms with Gasteiger partial charge in [-0.05, 0) is 24.3 Å². The maximum Gasteiger partial charge on any atom is 0.332 e. The van der Waals surface area contributed by atoms with Crippen molar-refractivity contribution in [1.29, 1.82) is 0 Å². The van der Waals surface area contributed by atoms with Gasteiger partial charge in [-0.3, -0.25) is 9.59 Å². The highest BCUT2D eigenvalue weighted by Gasteiger charge is 2.76. The van der Waals surface area contributed by atoms with Crippen molar-refractivity contribution >= 4 is 30.3 Å². The minimum atomic E-state index is -2.22. The predicted molar refractivity (Wildman–Crippen MR) is 91.5 cm³/mol. The quantitative estimate of drug-likeness (QED) is 0.566. The summed E-state index contributed by atoms with van der Waals surface area (Å²) in [6, 6.07) is 7.83. The summed E-state index contributed by atoms with van der Waals surface area (Å²) in [6.45, 7) is 0. The first-order valence-electron chi connectivity index (χ1n) is 8.00. The van der Waals surface area contributed by atoms with Gasteiger partial charge in [0, 0.05) is 5.92 Å². The van der Waals surface area contributed by atoms with Gasteiger partial charge in [0.05, 0.1) is 12.0 Å². The lowest BCUT2D eigenvalue weighted by atomic mass is 9.88. The molecule has 0 aromatic heterocycles. The van der Waals surface area contributed by atoms with Crippen LogP contribution in [0.3, 0.4) is 0 Å². The number of alkyl halides is 1. The molecule has 0 heterocycles.